The maximum Gasteiger partial charge on any atom is 0.254 e. The van der Waals surface area contributed by atoms with Gasteiger partial charge in [-0.05, 0) is 24.3 Å². The number of carbonyl (C=O) groups excluding carboxylic acids is 1. The van der Waals surface area contributed by atoms with Crippen molar-refractivity contribution in [1.29, 1.82) is 0 Å². The Morgan fingerprint density at radius 2 is 1.55 bits per heavy atom. The summed E-state index contributed by atoms with van der Waals surface area (Å²) in [5.74, 6) is 0.756. The van der Waals surface area contributed by atoms with E-state index in [1.54, 1.807) is 11.9 Å². The first-order chi connectivity index (χ1) is 14.2. The zero-order valence-electron chi connectivity index (χ0n) is 16.3. The normalized spacial score (nSPS) is 10.7. The van der Waals surface area contributed by atoms with Gasteiger partial charge in [-0.25, -0.2) is 4.98 Å². The lowest BCUT2D eigenvalue weighted by molar-refractivity contribution is 0.0775. The van der Waals surface area contributed by atoms with E-state index in [1.807, 2.05) is 91.0 Å². The molecule has 0 aliphatic heterocycles. The molecule has 3 aromatic carbocycles. The minimum Gasteiger partial charge on any atom is -0.492 e. The topological polar surface area (TPSA) is 42.4 Å². The maximum absolute atomic E-state index is 13.2. The molecule has 0 saturated carbocycles. The first kappa shape index (κ1) is 18.7. The van der Waals surface area contributed by atoms with E-state index in [-0.39, 0.29) is 5.91 Å². The van der Waals surface area contributed by atoms with Gasteiger partial charge in [-0.15, -0.1) is 0 Å². The van der Waals surface area contributed by atoms with E-state index < -0.39 is 0 Å². The van der Waals surface area contributed by atoms with Crippen molar-refractivity contribution in [1.82, 2.24) is 9.88 Å². The lowest BCUT2D eigenvalue weighted by Crippen LogP contribution is -2.31. The molecule has 0 aliphatic carbocycles. The van der Waals surface area contributed by atoms with E-state index in [4.69, 9.17) is 9.72 Å². The van der Waals surface area contributed by atoms with Crippen LogP contribution < -0.4 is 4.74 Å². The highest BCUT2D eigenvalue weighted by atomic mass is 16.5. The largest absolute Gasteiger partial charge is 0.492 e. The third-order valence-corrected chi connectivity index (χ3v) is 4.80. The van der Waals surface area contributed by atoms with Crippen molar-refractivity contribution in [3.05, 3.63) is 96.6 Å². The Labute approximate surface area is 170 Å². The first-order valence-electron chi connectivity index (χ1n) is 9.61. The molecule has 1 aromatic heterocycles. The summed E-state index contributed by atoms with van der Waals surface area (Å²) in [7, 11) is 1.80. The van der Waals surface area contributed by atoms with Crippen LogP contribution in [0.15, 0.2) is 91.0 Å². The van der Waals surface area contributed by atoms with Crippen molar-refractivity contribution in [2.75, 3.05) is 20.2 Å². The Kier molecular flexibility index (Phi) is 5.52. The van der Waals surface area contributed by atoms with Gasteiger partial charge in [0.2, 0.25) is 0 Å². The van der Waals surface area contributed by atoms with Crippen LogP contribution in [-0.4, -0.2) is 36.0 Å². The summed E-state index contributed by atoms with van der Waals surface area (Å²) in [4.78, 5) is 19.7. The van der Waals surface area contributed by atoms with Gasteiger partial charge in [0.15, 0.2) is 0 Å². The van der Waals surface area contributed by atoms with Crippen LogP contribution in [-0.2, 0) is 0 Å². The molecule has 0 fully saturated rings. The molecule has 0 radical (unpaired) electrons. The zero-order chi connectivity index (χ0) is 20.1. The van der Waals surface area contributed by atoms with Crippen molar-refractivity contribution in [2.45, 2.75) is 0 Å². The van der Waals surface area contributed by atoms with Crippen LogP contribution in [0.25, 0.3) is 22.2 Å². The van der Waals surface area contributed by atoms with Crippen LogP contribution in [0, 0.1) is 0 Å². The summed E-state index contributed by atoms with van der Waals surface area (Å²) >= 11 is 0. The molecule has 0 bridgehead atoms. The van der Waals surface area contributed by atoms with Crippen LogP contribution in [0.3, 0.4) is 0 Å². The average molecular weight is 382 g/mol. The molecule has 1 heterocycles. The molecule has 0 unspecified atom stereocenters. The van der Waals surface area contributed by atoms with Crippen molar-refractivity contribution in [3.8, 4) is 17.0 Å². The third-order valence-electron chi connectivity index (χ3n) is 4.80. The Balaban J connectivity index is 1.59. The molecular formula is C25H22N2O2. The fraction of sp³-hybridized carbons (Fsp3) is 0.120. The van der Waals surface area contributed by atoms with Crippen LogP contribution in [0.5, 0.6) is 5.75 Å². The molecule has 0 saturated heterocycles. The van der Waals surface area contributed by atoms with Gasteiger partial charge >= 0.3 is 0 Å². The lowest BCUT2D eigenvalue weighted by atomic mass is 10.0. The van der Waals surface area contributed by atoms with Crippen molar-refractivity contribution >= 4 is 16.8 Å². The fourth-order valence-corrected chi connectivity index (χ4v) is 3.23. The number of nitrogens with zero attached hydrogens (tertiary/aromatic N) is 2. The molecule has 0 aliphatic rings. The number of carbonyl (C=O) groups is 1. The molecular weight excluding hydrogens is 360 g/mol. The molecule has 1 amide bonds. The third kappa shape index (κ3) is 4.27. The van der Waals surface area contributed by atoms with Crippen LogP contribution >= 0.6 is 0 Å². The summed E-state index contributed by atoms with van der Waals surface area (Å²) in [6, 6.07) is 29.2. The number of benzene rings is 3. The Hall–Kier alpha value is -3.66. The summed E-state index contributed by atoms with van der Waals surface area (Å²) < 4.78 is 5.74. The number of fused-ring (bicyclic) bond motifs is 1. The Bertz CT molecular complexity index is 1110. The van der Waals surface area contributed by atoms with Gasteiger partial charge in [0.25, 0.3) is 5.91 Å². The summed E-state index contributed by atoms with van der Waals surface area (Å²) in [6.45, 7) is 0.922. The van der Waals surface area contributed by atoms with Gasteiger partial charge in [-0.2, -0.15) is 0 Å². The standard InChI is InChI=1S/C25H22N2O2/c1-27(16-17-29-20-12-6-3-7-13-20)25(28)22-18-24(19-10-4-2-5-11-19)26-23-15-9-8-14-21(22)23/h2-15,18H,16-17H2,1H3. The molecule has 0 N–H and O–H groups in total. The monoisotopic (exact) mass is 382 g/mol. The van der Waals surface area contributed by atoms with E-state index in [9.17, 15) is 4.79 Å². The van der Waals surface area contributed by atoms with E-state index in [2.05, 4.69) is 0 Å². The van der Waals surface area contributed by atoms with E-state index in [0.29, 0.717) is 18.7 Å². The van der Waals surface area contributed by atoms with Crippen LogP contribution in [0.4, 0.5) is 0 Å². The van der Waals surface area contributed by atoms with Gasteiger partial charge in [-0.1, -0.05) is 66.7 Å². The number of ether oxygens (including phenoxy) is 1. The molecule has 29 heavy (non-hydrogen) atoms. The van der Waals surface area contributed by atoms with Crippen molar-refractivity contribution in [2.24, 2.45) is 0 Å². The lowest BCUT2D eigenvalue weighted by Gasteiger charge is -2.19. The highest BCUT2D eigenvalue weighted by Crippen LogP contribution is 2.25. The minimum absolute atomic E-state index is 0.0440. The molecule has 4 heteroatoms. The fourth-order valence-electron chi connectivity index (χ4n) is 3.23. The second-order valence-electron chi connectivity index (χ2n) is 6.83. The van der Waals surface area contributed by atoms with Gasteiger partial charge in [0.1, 0.15) is 12.4 Å². The SMILES string of the molecule is CN(CCOc1ccccc1)C(=O)c1cc(-c2ccccc2)nc2ccccc12. The second-order valence-corrected chi connectivity index (χ2v) is 6.83. The number of likely N-dealkylation sites (N-methyl/N-ethyl adjacent to an activating group) is 1. The predicted octanol–water partition coefficient (Wildman–Crippen LogP) is 5.05. The second kappa shape index (κ2) is 8.57. The number of amides is 1. The van der Waals surface area contributed by atoms with Crippen LogP contribution in [0.2, 0.25) is 0 Å². The zero-order valence-corrected chi connectivity index (χ0v) is 16.3. The maximum atomic E-state index is 13.2. The molecule has 4 nitrogen and oxygen atoms in total. The summed E-state index contributed by atoms with van der Waals surface area (Å²) in [5.41, 5.74) is 3.24. The van der Waals surface area contributed by atoms with Gasteiger partial charge in [0.05, 0.1) is 23.3 Å². The summed E-state index contributed by atoms with van der Waals surface area (Å²) in [5, 5.41) is 0.855. The number of rotatable bonds is 6. The molecule has 4 aromatic rings. The Morgan fingerprint density at radius 1 is 0.897 bits per heavy atom. The number of hydrogen-bond acceptors (Lipinski definition) is 3. The Morgan fingerprint density at radius 3 is 2.31 bits per heavy atom. The predicted molar refractivity (Wildman–Crippen MR) is 116 cm³/mol. The highest BCUT2D eigenvalue weighted by Gasteiger charge is 2.17. The average Bonchev–Trinajstić information content (AvgIpc) is 2.79. The van der Waals surface area contributed by atoms with E-state index in [1.165, 1.54) is 0 Å². The smallest absolute Gasteiger partial charge is 0.254 e. The molecule has 0 spiro atoms. The summed E-state index contributed by atoms with van der Waals surface area (Å²) in [6.07, 6.45) is 0. The quantitative estimate of drug-likeness (QED) is 0.468. The molecule has 144 valence electrons. The molecule has 4 rings (SSSR count). The van der Waals surface area contributed by atoms with Gasteiger partial charge in [0, 0.05) is 18.0 Å². The van der Waals surface area contributed by atoms with Crippen molar-refractivity contribution < 1.29 is 9.53 Å². The number of hydrogen-bond donors (Lipinski definition) is 0. The highest BCUT2D eigenvalue weighted by molar-refractivity contribution is 6.07. The van der Waals surface area contributed by atoms with Crippen molar-refractivity contribution in [3.63, 3.8) is 0 Å². The minimum atomic E-state index is -0.0440. The number of para-hydroxylation sites is 2. The number of pyridine rings is 1. The first-order valence-corrected chi connectivity index (χ1v) is 9.61. The number of aromatic nitrogens is 1. The molecule has 0 atom stereocenters. The van der Waals surface area contributed by atoms with E-state index in [0.717, 1.165) is 27.9 Å². The van der Waals surface area contributed by atoms with Gasteiger partial charge < -0.3 is 9.64 Å². The van der Waals surface area contributed by atoms with Crippen LogP contribution in [0.1, 0.15) is 10.4 Å². The van der Waals surface area contributed by atoms with E-state index >= 15 is 0 Å². The van der Waals surface area contributed by atoms with Gasteiger partial charge in [-0.3, -0.25) is 4.79 Å².